The Morgan fingerprint density at radius 2 is 2.27 bits per heavy atom. The summed E-state index contributed by atoms with van der Waals surface area (Å²) in [5.74, 6) is -1.29. The average Bonchev–Trinajstić information content (AvgIpc) is 2.17. The lowest BCUT2D eigenvalue weighted by Crippen LogP contribution is -2.22. The Labute approximate surface area is 84.0 Å². The summed E-state index contributed by atoms with van der Waals surface area (Å²) in [5, 5.41) is 12.6. The van der Waals surface area contributed by atoms with Crippen LogP contribution in [0.4, 0.5) is 15.8 Å². The Kier molecular flexibility index (Phi) is 3.29. The van der Waals surface area contributed by atoms with Gasteiger partial charge in [-0.3, -0.25) is 14.9 Å². The van der Waals surface area contributed by atoms with Gasteiger partial charge in [0.05, 0.1) is 11.5 Å². The summed E-state index contributed by atoms with van der Waals surface area (Å²) in [6.45, 7) is -0.326. The van der Waals surface area contributed by atoms with Crippen LogP contribution in [0.3, 0.4) is 0 Å². The minimum Gasteiger partial charge on any atom is -0.322 e. The van der Waals surface area contributed by atoms with Crippen molar-refractivity contribution in [1.29, 1.82) is 0 Å². The predicted octanol–water partition coefficient (Wildman–Crippen LogP) is 0.631. The van der Waals surface area contributed by atoms with Crippen LogP contribution < -0.4 is 11.1 Å². The molecule has 0 heterocycles. The zero-order chi connectivity index (χ0) is 11.4. The molecule has 0 saturated carbocycles. The molecule has 0 aliphatic heterocycles. The van der Waals surface area contributed by atoms with Gasteiger partial charge in [-0.25, -0.2) is 4.39 Å². The highest BCUT2D eigenvalue weighted by Crippen LogP contribution is 2.24. The minimum atomic E-state index is -0.717. The van der Waals surface area contributed by atoms with Crippen LogP contribution >= 0.6 is 0 Å². The zero-order valence-electron chi connectivity index (χ0n) is 7.57. The molecule has 0 unspecified atom stereocenters. The standard InChI is InChI=1S/C8H8FN3O3/c9-5-1-2-7(12(14)15)6(3-5)11-8(13)4-10/h1-3H,4,10H2,(H,11,13). The van der Waals surface area contributed by atoms with Crippen molar-refractivity contribution in [2.45, 2.75) is 0 Å². The molecule has 6 nitrogen and oxygen atoms in total. The molecule has 7 heteroatoms. The van der Waals surface area contributed by atoms with Crippen LogP contribution in [0.25, 0.3) is 0 Å². The maximum atomic E-state index is 12.8. The Morgan fingerprint density at radius 1 is 1.60 bits per heavy atom. The highest BCUT2D eigenvalue weighted by molar-refractivity contribution is 5.94. The fourth-order valence-electron chi connectivity index (χ4n) is 0.969. The summed E-state index contributed by atoms with van der Waals surface area (Å²) in [6.07, 6.45) is 0. The van der Waals surface area contributed by atoms with Gasteiger partial charge >= 0.3 is 0 Å². The van der Waals surface area contributed by atoms with Gasteiger partial charge in [-0.15, -0.1) is 0 Å². The van der Waals surface area contributed by atoms with Gasteiger partial charge in [-0.2, -0.15) is 0 Å². The Hall–Kier alpha value is -2.02. The molecule has 0 radical (unpaired) electrons. The fourth-order valence-corrected chi connectivity index (χ4v) is 0.969. The van der Waals surface area contributed by atoms with Crippen LogP contribution in [0.15, 0.2) is 18.2 Å². The van der Waals surface area contributed by atoms with E-state index in [4.69, 9.17) is 5.73 Å². The van der Waals surface area contributed by atoms with Gasteiger partial charge < -0.3 is 11.1 Å². The number of hydrogen-bond donors (Lipinski definition) is 2. The van der Waals surface area contributed by atoms with E-state index in [0.717, 1.165) is 18.2 Å². The van der Waals surface area contributed by atoms with E-state index >= 15 is 0 Å². The van der Waals surface area contributed by atoms with Gasteiger partial charge in [0.1, 0.15) is 11.5 Å². The molecule has 0 fully saturated rings. The monoisotopic (exact) mass is 213 g/mol. The number of nitro groups is 1. The fraction of sp³-hybridized carbons (Fsp3) is 0.125. The summed E-state index contributed by atoms with van der Waals surface area (Å²) in [5.41, 5.74) is 4.43. The average molecular weight is 213 g/mol. The molecule has 1 rings (SSSR count). The van der Waals surface area contributed by atoms with E-state index in [1.807, 2.05) is 0 Å². The smallest absolute Gasteiger partial charge is 0.292 e. The summed E-state index contributed by atoms with van der Waals surface area (Å²) in [7, 11) is 0. The molecule has 80 valence electrons. The minimum absolute atomic E-state index is 0.199. The van der Waals surface area contributed by atoms with Gasteiger partial charge in [0.15, 0.2) is 0 Å². The molecule has 1 amide bonds. The lowest BCUT2D eigenvalue weighted by atomic mass is 10.2. The quantitative estimate of drug-likeness (QED) is 0.568. The number of halogens is 1. The third-order valence-electron chi connectivity index (χ3n) is 1.61. The lowest BCUT2D eigenvalue weighted by Gasteiger charge is -2.04. The second-order valence-corrected chi connectivity index (χ2v) is 2.67. The number of nitro benzene ring substituents is 1. The maximum absolute atomic E-state index is 12.8. The lowest BCUT2D eigenvalue weighted by molar-refractivity contribution is -0.384. The molecule has 0 aliphatic carbocycles. The molecule has 0 aromatic heterocycles. The van der Waals surface area contributed by atoms with Gasteiger partial charge in [-0.1, -0.05) is 0 Å². The topological polar surface area (TPSA) is 98.3 Å². The number of amides is 1. The number of benzene rings is 1. The number of rotatable bonds is 3. The predicted molar refractivity (Wildman–Crippen MR) is 50.7 cm³/mol. The van der Waals surface area contributed by atoms with Crippen molar-refractivity contribution in [3.8, 4) is 0 Å². The van der Waals surface area contributed by atoms with Crippen LogP contribution in [-0.4, -0.2) is 17.4 Å². The molecule has 1 aromatic rings. The summed E-state index contributed by atoms with van der Waals surface area (Å²) < 4.78 is 12.8. The molecule has 0 bridgehead atoms. The molecular weight excluding hydrogens is 205 g/mol. The Balaban J connectivity index is 3.07. The SMILES string of the molecule is NCC(=O)Nc1cc(F)ccc1[N+](=O)[O-]. The van der Waals surface area contributed by atoms with Crippen molar-refractivity contribution >= 4 is 17.3 Å². The van der Waals surface area contributed by atoms with E-state index < -0.39 is 16.6 Å². The molecule has 0 saturated heterocycles. The normalized spacial score (nSPS) is 9.73. The Bertz CT molecular complexity index is 408. The number of nitrogens with two attached hydrogens (primary N) is 1. The van der Waals surface area contributed by atoms with E-state index in [1.165, 1.54) is 0 Å². The largest absolute Gasteiger partial charge is 0.322 e. The van der Waals surface area contributed by atoms with Crippen molar-refractivity contribution in [1.82, 2.24) is 0 Å². The van der Waals surface area contributed by atoms with E-state index in [0.29, 0.717) is 0 Å². The van der Waals surface area contributed by atoms with Crippen molar-refractivity contribution in [3.05, 3.63) is 34.1 Å². The first-order valence-electron chi connectivity index (χ1n) is 3.98. The Morgan fingerprint density at radius 3 is 2.80 bits per heavy atom. The second-order valence-electron chi connectivity index (χ2n) is 2.67. The van der Waals surface area contributed by atoms with E-state index in [2.05, 4.69) is 5.32 Å². The molecule has 0 spiro atoms. The summed E-state index contributed by atoms with van der Waals surface area (Å²) in [4.78, 5) is 20.7. The van der Waals surface area contributed by atoms with Crippen LogP contribution in [-0.2, 0) is 4.79 Å². The van der Waals surface area contributed by atoms with Gasteiger partial charge in [-0.05, 0) is 6.07 Å². The van der Waals surface area contributed by atoms with E-state index in [-0.39, 0.29) is 17.9 Å². The van der Waals surface area contributed by atoms with Crippen molar-refractivity contribution in [3.63, 3.8) is 0 Å². The number of carbonyl (C=O) groups excluding carboxylic acids is 1. The highest BCUT2D eigenvalue weighted by Gasteiger charge is 2.15. The molecule has 0 aliphatic rings. The highest BCUT2D eigenvalue weighted by atomic mass is 19.1. The van der Waals surface area contributed by atoms with Crippen molar-refractivity contribution in [2.24, 2.45) is 5.73 Å². The van der Waals surface area contributed by atoms with Gasteiger partial charge in [0, 0.05) is 12.1 Å². The molecule has 1 aromatic carbocycles. The summed E-state index contributed by atoms with van der Waals surface area (Å²) >= 11 is 0. The first-order chi connectivity index (χ1) is 7.04. The van der Waals surface area contributed by atoms with Crippen LogP contribution in [0.5, 0.6) is 0 Å². The first kappa shape index (κ1) is 11.1. The molecule has 15 heavy (non-hydrogen) atoms. The summed E-state index contributed by atoms with van der Waals surface area (Å²) in [6, 6.07) is 2.78. The number of carbonyl (C=O) groups is 1. The van der Waals surface area contributed by atoms with Crippen LogP contribution in [0, 0.1) is 15.9 Å². The molecule has 0 atom stereocenters. The van der Waals surface area contributed by atoms with Gasteiger partial charge in [0.2, 0.25) is 5.91 Å². The van der Waals surface area contributed by atoms with Crippen LogP contribution in [0.2, 0.25) is 0 Å². The number of nitrogens with zero attached hydrogens (tertiary/aromatic N) is 1. The van der Waals surface area contributed by atoms with Crippen molar-refractivity contribution < 1.29 is 14.1 Å². The molecule has 3 N–H and O–H groups in total. The third-order valence-corrected chi connectivity index (χ3v) is 1.61. The van der Waals surface area contributed by atoms with Crippen LogP contribution in [0.1, 0.15) is 0 Å². The number of anilines is 1. The van der Waals surface area contributed by atoms with Gasteiger partial charge in [0.25, 0.3) is 5.69 Å². The molecular formula is C8H8FN3O3. The maximum Gasteiger partial charge on any atom is 0.292 e. The third kappa shape index (κ3) is 2.71. The van der Waals surface area contributed by atoms with E-state index in [1.54, 1.807) is 0 Å². The number of hydrogen-bond acceptors (Lipinski definition) is 4. The second kappa shape index (κ2) is 4.47. The first-order valence-corrected chi connectivity index (χ1v) is 3.98. The van der Waals surface area contributed by atoms with E-state index in [9.17, 15) is 19.3 Å². The zero-order valence-corrected chi connectivity index (χ0v) is 7.57. The number of nitrogens with one attached hydrogen (secondary N) is 1. The van der Waals surface area contributed by atoms with Crippen molar-refractivity contribution in [2.75, 3.05) is 11.9 Å².